The maximum absolute atomic E-state index is 11.0. The molecular weight excluding hydrogens is 252 g/mol. The monoisotopic (exact) mass is 288 g/mol. The Labute approximate surface area is 127 Å². The highest BCUT2D eigenvalue weighted by Gasteiger charge is 2.39. The number of Topliss-reactive ketones (excluding diaryl/α,β-unsaturated/α-hetero) is 2. The number of hydrogen-bond acceptors (Lipinski definition) is 4. The summed E-state index contributed by atoms with van der Waals surface area (Å²) in [5.41, 5.74) is 0.353. The van der Waals surface area contributed by atoms with Gasteiger partial charge in [-0.25, -0.2) is 0 Å². The smallest absolute Gasteiger partial charge is 0.149 e. The van der Waals surface area contributed by atoms with Crippen molar-refractivity contribution in [1.29, 1.82) is 0 Å². The van der Waals surface area contributed by atoms with Gasteiger partial charge in [-0.05, 0) is 39.2 Å². The fraction of sp³-hybridized carbons (Fsp3) is 0.875. The molecule has 0 aromatic carbocycles. The summed E-state index contributed by atoms with van der Waals surface area (Å²) in [7, 11) is 0. The Balaban J connectivity index is -0.000000301. The second-order valence-electron chi connectivity index (χ2n) is 5.99. The molecule has 0 heterocycles. The predicted molar refractivity (Wildman–Crippen MR) is 88.2 cm³/mol. The molecule has 1 aliphatic carbocycles. The van der Waals surface area contributed by atoms with Gasteiger partial charge in [0, 0.05) is 14.3 Å². The lowest BCUT2D eigenvalue weighted by Gasteiger charge is -2.12. The van der Waals surface area contributed by atoms with E-state index in [-0.39, 0.29) is 14.6 Å². The zero-order valence-corrected chi connectivity index (χ0v) is 13.8. The van der Waals surface area contributed by atoms with Crippen molar-refractivity contribution in [1.82, 2.24) is 10.6 Å². The first kappa shape index (κ1) is 19.3. The third-order valence-electron chi connectivity index (χ3n) is 3.61. The molecule has 0 amide bonds. The van der Waals surface area contributed by atoms with Crippen LogP contribution in [0.25, 0.3) is 0 Å². The highest BCUT2D eigenvalue weighted by atomic mass is 16.1. The summed E-state index contributed by atoms with van der Waals surface area (Å²) in [6.45, 7) is 11.8. The van der Waals surface area contributed by atoms with Crippen LogP contribution in [0.1, 0.15) is 63.2 Å². The Morgan fingerprint density at radius 3 is 2.15 bits per heavy atom. The van der Waals surface area contributed by atoms with E-state index >= 15 is 0 Å². The van der Waals surface area contributed by atoms with Crippen LogP contribution in [0.4, 0.5) is 0 Å². The molecule has 1 rings (SSSR count). The zero-order valence-electron chi connectivity index (χ0n) is 13.8. The molecule has 0 aromatic rings. The van der Waals surface area contributed by atoms with Gasteiger partial charge in [-0.15, -0.1) is 0 Å². The Morgan fingerprint density at radius 1 is 1.20 bits per heavy atom. The zero-order chi connectivity index (χ0) is 15.6. The maximum Gasteiger partial charge on any atom is 0.149 e. The van der Waals surface area contributed by atoms with Crippen molar-refractivity contribution in [2.75, 3.05) is 19.6 Å². The second kappa shape index (κ2) is 10.1. The van der Waals surface area contributed by atoms with E-state index in [4.69, 9.17) is 0 Å². The average molecular weight is 288 g/mol. The third-order valence-corrected chi connectivity index (χ3v) is 3.61. The van der Waals surface area contributed by atoms with Gasteiger partial charge in [-0.1, -0.05) is 27.7 Å². The van der Waals surface area contributed by atoms with Crippen LogP contribution >= 0.6 is 0 Å². The largest absolute Gasteiger partial charge is 0.310 e. The van der Waals surface area contributed by atoms with Crippen LogP contribution in [0.5, 0.6) is 0 Å². The first-order valence-corrected chi connectivity index (χ1v) is 7.84. The number of nitrogens with one attached hydrogen (secondary N) is 2. The van der Waals surface area contributed by atoms with E-state index in [1.54, 1.807) is 6.92 Å². The van der Waals surface area contributed by atoms with Gasteiger partial charge in [0.15, 0.2) is 0 Å². The Morgan fingerprint density at radius 2 is 1.80 bits per heavy atom. The van der Waals surface area contributed by atoms with E-state index in [1.807, 2.05) is 13.8 Å². The number of hydrogen-bond donors (Lipinski definition) is 2. The molecule has 0 atom stereocenters. The SMILES string of the molecule is CCC1(NCC(C)=O)CC1.CCCNCC(=O)C(C)C.[HH].[HH]. The summed E-state index contributed by atoms with van der Waals surface area (Å²) in [5, 5.41) is 6.34. The van der Waals surface area contributed by atoms with E-state index in [2.05, 4.69) is 24.5 Å². The van der Waals surface area contributed by atoms with Crippen LogP contribution in [0.2, 0.25) is 0 Å². The van der Waals surface area contributed by atoms with Gasteiger partial charge in [0.25, 0.3) is 0 Å². The lowest BCUT2D eigenvalue weighted by Crippen LogP contribution is -2.34. The first-order chi connectivity index (χ1) is 9.37. The number of ketones is 2. The van der Waals surface area contributed by atoms with Crippen LogP contribution in [-0.2, 0) is 9.59 Å². The molecule has 0 aromatic heterocycles. The second-order valence-corrected chi connectivity index (χ2v) is 5.99. The van der Waals surface area contributed by atoms with Crippen molar-refractivity contribution in [3.8, 4) is 0 Å². The fourth-order valence-corrected chi connectivity index (χ4v) is 1.71. The van der Waals surface area contributed by atoms with Crippen LogP contribution in [0, 0.1) is 5.92 Å². The molecule has 1 fully saturated rings. The van der Waals surface area contributed by atoms with E-state index < -0.39 is 0 Å². The van der Waals surface area contributed by atoms with E-state index in [0.29, 0.717) is 24.4 Å². The molecule has 20 heavy (non-hydrogen) atoms. The molecule has 4 heteroatoms. The van der Waals surface area contributed by atoms with Crippen LogP contribution in [0.3, 0.4) is 0 Å². The predicted octanol–water partition coefficient (Wildman–Crippen LogP) is 2.81. The topological polar surface area (TPSA) is 58.2 Å². The first-order valence-electron chi connectivity index (χ1n) is 7.84. The number of carbonyl (C=O) groups excluding carboxylic acids is 2. The van der Waals surface area contributed by atoms with Crippen molar-refractivity contribution in [3.63, 3.8) is 0 Å². The van der Waals surface area contributed by atoms with Gasteiger partial charge < -0.3 is 10.6 Å². The molecule has 0 aliphatic heterocycles. The van der Waals surface area contributed by atoms with Gasteiger partial charge >= 0.3 is 0 Å². The Kier molecular flexibility index (Phi) is 9.68. The van der Waals surface area contributed by atoms with Crippen molar-refractivity contribution in [3.05, 3.63) is 0 Å². The maximum atomic E-state index is 11.0. The molecular formula is C16H36N2O2. The van der Waals surface area contributed by atoms with Crippen LogP contribution < -0.4 is 10.6 Å². The van der Waals surface area contributed by atoms with Gasteiger partial charge in [0.2, 0.25) is 0 Å². The Hall–Kier alpha value is -0.740. The molecule has 122 valence electrons. The highest BCUT2D eigenvalue weighted by Crippen LogP contribution is 2.37. The molecule has 0 bridgehead atoms. The van der Waals surface area contributed by atoms with Crippen molar-refractivity contribution < 1.29 is 12.4 Å². The number of rotatable bonds is 9. The lowest BCUT2D eigenvalue weighted by atomic mass is 10.1. The molecule has 0 unspecified atom stereocenters. The van der Waals surface area contributed by atoms with Gasteiger partial charge in [0.05, 0.1) is 13.1 Å². The summed E-state index contributed by atoms with van der Waals surface area (Å²) in [6.07, 6.45) is 4.74. The van der Waals surface area contributed by atoms with E-state index in [1.165, 1.54) is 12.8 Å². The van der Waals surface area contributed by atoms with E-state index in [0.717, 1.165) is 19.4 Å². The molecule has 0 spiro atoms. The van der Waals surface area contributed by atoms with Gasteiger partial charge in [-0.2, -0.15) is 0 Å². The molecule has 1 saturated carbocycles. The van der Waals surface area contributed by atoms with Gasteiger partial charge in [0.1, 0.15) is 11.6 Å². The standard InChI is InChI=1S/C8H15NO.C8H17NO.2H2/c1-3-8(4-5-8)9-6-7(2)10;1-4-5-9-6-8(10)7(2)3;;/h9H,3-6H2,1-2H3;7,9H,4-6H2,1-3H3;2*1H. The molecule has 2 N–H and O–H groups in total. The van der Waals surface area contributed by atoms with Gasteiger partial charge in [-0.3, -0.25) is 9.59 Å². The molecule has 0 radical (unpaired) electrons. The van der Waals surface area contributed by atoms with Crippen molar-refractivity contribution >= 4 is 11.6 Å². The minimum Gasteiger partial charge on any atom is -0.310 e. The minimum absolute atomic E-state index is 0. The fourth-order valence-electron chi connectivity index (χ4n) is 1.71. The van der Waals surface area contributed by atoms with E-state index in [9.17, 15) is 9.59 Å². The lowest BCUT2D eigenvalue weighted by molar-refractivity contribution is -0.121. The minimum atomic E-state index is 0. The summed E-state index contributed by atoms with van der Waals surface area (Å²) < 4.78 is 0. The number of carbonyl (C=O) groups is 2. The normalized spacial score (nSPS) is 15.5. The van der Waals surface area contributed by atoms with Crippen molar-refractivity contribution in [2.45, 2.75) is 65.8 Å². The summed E-state index contributed by atoms with van der Waals surface area (Å²) in [5.74, 6) is 0.706. The van der Waals surface area contributed by atoms with Crippen LogP contribution in [-0.4, -0.2) is 36.7 Å². The average Bonchev–Trinajstić information content (AvgIpc) is 3.18. The Bertz CT molecular complexity index is 307. The summed E-state index contributed by atoms with van der Waals surface area (Å²) in [6, 6.07) is 0. The highest BCUT2D eigenvalue weighted by molar-refractivity contribution is 5.82. The summed E-state index contributed by atoms with van der Waals surface area (Å²) >= 11 is 0. The summed E-state index contributed by atoms with van der Waals surface area (Å²) in [4.78, 5) is 21.5. The van der Waals surface area contributed by atoms with Crippen molar-refractivity contribution in [2.24, 2.45) is 5.92 Å². The van der Waals surface area contributed by atoms with Crippen LogP contribution in [0.15, 0.2) is 0 Å². The molecule has 4 nitrogen and oxygen atoms in total. The quantitative estimate of drug-likeness (QED) is 0.641. The molecule has 0 saturated heterocycles. The third kappa shape index (κ3) is 9.21. The molecule has 1 aliphatic rings.